The van der Waals surface area contributed by atoms with E-state index < -0.39 is 23.5 Å². The highest BCUT2D eigenvalue weighted by Gasteiger charge is 2.31. The van der Waals surface area contributed by atoms with Gasteiger partial charge in [0.2, 0.25) is 0 Å². The fourth-order valence-electron chi connectivity index (χ4n) is 3.74. The van der Waals surface area contributed by atoms with Crippen molar-refractivity contribution in [3.8, 4) is 0 Å². The second kappa shape index (κ2) is 9.54. The molecule has 0 unspecified atom stereocenters. The summed E-state index contributed by atoms with van der Waals surface area (Å²) in [5, 5.41) is 2.72. The van der Waals surface area contributed by atoms with Crippen LogP contribution in [0.1, 0.15) is 73.1 Å². The minimum atomic E-state index is -0.830. The van der Waals surface area contributed by atoms with E-state index in [9.17, 15) is 14.4 Å². The van der Waals surface area contributed by atoms with Crippen LogP contribution in [-0.2, 0) is 22.5 Å². The number of H-pyrrole nitrogens is 1. The molecule has 1 aliphatic rings. The lowest BCUT2D eigenvalue weighted by molar-refractivity contribution is -0.157. The summed E-state index contributed by atoms with van der Waals surface area (Å²) >= 11 is 0. The number of aromatic nitrogens is 2. The summed E-state index contributed by atoms with van der Waals surface area (Å²) in [6.07, 6.45) is 2.49. The first-order valence-corrected chi connectivity index (χ1v) is 11.0. The van der Waals surface area contributed by atoms with Gasteiger partial charge in [0.05, 0.1) is 6.33 Å². The Morgan fingerprint density at radius 2 is 1.88 bits per heavy atom. The van der Waals surface area contributed by atoms with Crippen molar-refractivity contribution in [1.29, 1.82) is 0 Å². The molecule has 8 nitrogen and oxygen atoms in total. The minimum absolute atomic E-state index is 0.0221. The van der Waals surface area contributed by atoms with Gasteiger partial charge in [0.15, 0.2) is 5.69 Å². The highest BCUT2D eigenvalue weighted by Crippen LogP contribution is 2.21. The number of fused-ring (bicyclic) bond motifs is 1. The Labute approximate surface area is 188 Å². The molecular formula is C24H32N4O4. The highest BCUT2D eigenvalue weighted by atomic mass is 16.6. The molecule has 1 aliphatic heterocycles. The van der Waals surface area contributed by atoms with Gasteiger partial charge in [0.25, 0.3) is 11.8 Å². The lowest BCUT2D eigenvalue weighted by atomic mass is 9.99. The standard InChI is InChI=1S/C24H32N4O4/c1-15(2)12-18(23(31)32-24(3,4)5)27-21(29)19-20(26-14-25-19)22(30)28-11-10-16-8-6-7-9-17(16)13-28/h6-9,14-15,18H,10-13H2,1-5H3,(H,25,26)(H,27,29)/t18-/m0/s1. The molecule has 2 amide bonds. The quantitative estimate of drug-likeness (QED) is 0.672. The third kappa shape index (κ3) is 5.75. The second-order valence-corrected chi connectivity index (χ2v) is 9.56. The Balaban J connectivity index is 1.75. The lowest BCUT2D eigenvalue weighted by Crippen LogP contribution is -2.45. The van der Waals surface area contributed by atoms with E-state index in [0.717, 1.165) is 12.0 Å². The largest absolute Gasteiger partial charge is 0.458 e. The van der Waals surface area contributed by atoms with Gasteiger partial charge in [0, 0.05) is 13.1 Å². The number of nitrogens with one attached hydrogen (secondary N) is 2. The van der Waals surface area contributed by atoms with Crippen molar-refractivity contribution >= 4 is 17.8 Å². The maximum absolute atomic E-state index is 13.2. The predicted octanol–water partition coefficient (Wildman–Crippen LogP) is 3.09. The molecule has 2 aromatic rings. The van der Waals surface area contributed by atoms with Gasteiger partial charge in [-0.1, -0.05) is 38.1 Å². The van der Waals surface area contributed by atoms with Crippen LogP contribution in [0.15, 0.2) is 30.6 Å². The van der Waals surface area contributed by atoms with Crippen molar-refractivity contribution in [3.05, 3.63) is 53.1 Å². The number of hydrogen-bond acceptors (Lipinski definition) is 5. The molecule has 1 aromatic carbocycles. The van der Waals surface area contributed by atoms with E-state index >= 15 is 0 Å². The summed E-state index contributed by atoms with van der Waals surface area (Å²) < 4.78 is 5.47. The molecule has 1 atom stereocenters. The Morgan fingerprint density at radius 1 is 1.19 bits per heavy atom. The van der Waals surface area contributed by atoms with E-state index in [-0.39, 0.29) is 23.2 Å². The van der Waals surface area contributed by atoms with Crippen LogP contribution >= 0.6 is 0 Å². The van der Waals surface area contributed by atoms with E-state index in [2.05, 4.69) is 21.4 Å². The van der Waals surface area contributed by atoms with E-state index in [1.165, 1.54) is 11.9 Å². The first-order valence-electron chi connectivity index (χ1n) is 11.0. The molecule has 0 aliphatic carbocycles. The van der Waals surface area contributed by atoms with Crippen molar-refractivity contribution in [2.75, 3.05) is 6.54 Å². The summed E-state index contributed by atoms with van der Waals surface area (Å²) in [5.41, 5.74) is 1.75. The molecule has 8 heteroatoms. The molecule has 0 bridgehead atoms. The van der Waals surface area contributed by atoms with Gasteiger partial charge in [-0.05, 0) is 50.7 Å². The Kier molecular flexibility index (Phi) is 7.01. The Bertz CT molecular complexity index is 990. The fraction of sp³-hybridized carbons (Fsp3) is 0.500. The van der Waals surface area contributed by atoms with Crippen molar-refractivity contribution in [2.24, 2.45) is 5.92 Å². The predicted molar refractivity (Wildman–Crippen MR) is 120 cm³/mol. The van der Waals surface area contributed by atoms with Gasteiger partial charge >= 0.3 is 5.97 Å². The zero-order chi connectivity index (χ0) is 23.5. The summed E-state index contributed by atoms with van der Waals surface area (Å²) in [6.45, 7) is 10.3. The monoisotopic (exact) mass is 440 g/mol. The van der Waals surface area contributed by atoms with Crippen molar-refractivity contribution in [2.45, 2.75) is 65.6 Å². The van der Waals surface area contributed by atoms with Crippen LogP contribution in [0, 0.1) is 5.92 Å². The normalized spacial score (nSPS) is 14.6. The van der Waals surface area contributed by atoms with Gasteiger partial charge in [0.1, 0.15) is 17.3 Å². The number of benzene rings is 1. The molecule has 32 heavy (non-hydrogen) atoms. The number of imidazole rings is 1. The number of carbonyl (C=O) groups is 3. The van der Waals surface area contributed by atoms with Gasteiger partial charge in [-0.3, -0.25) is 9.59 Å². The number of esters is 1. The third-order valence-electron chi connectivity index (χ3n) is 5.19. The molecular weight excluding hydrogens is 408 g/mol. The average molecular weight is 441 g/mol. The molecule has 0 radical (unpaired) electrons. The first kappa shape index (κ1) is 23.5. The van der Waals surface area contributed by atoms with E-state index in [1.807, 2.05) is 32.0 Å². The molecule has 2 N–H and O–H groups in total. The van der Waals surface area contributed by atoms with Gasteiger partial charge < -0.3 is 19.9 Å². The molecule has 3 rings (SSSR count). The van der Waals surface area contributed by atoms with Gasteiger partial charge in [-0.15, -0.1) is 0 Å². The molecule has 0 saturated heterocycles. The third-order valence-corrected chi connectivity index (χ3v) is 5.19. The van der Waals surface area contributed by atoms with Gasteiger partial charge in [-0.25, -0.2) is 9.78 Å². The molecule has 0 saturated carbocycles. The topological polar surface area (TPSA) is 104 Å². The second-order valence-electron chi connectivity index (χ2n) is 9.56. The van der Waals surface area contributed by atoms with Crippen LogP contribution in [0.4, 0.5) is 0 Å². The van der Waals surface area contributed by atoms with Crippen LogP contribution in [0.3, 0.4) is 0 Å². The molecule has 2 heterocycles. The number of hydrogen-bond donors (Lipinski definition) is 2. The lowest BCUT2D eigenvalue weighted by Gasteiger charge is -2.28. The number of aromatic amines is 1. The summed E-state index contributed by atoms with van der Waals surface area (Å²) in [7, 11) is 0. The average Bonchev–Trinajstić information content (AvgIpc) is 3.20. The summed E-state index contributed by atoms with van der Waals surface area (Å²) in [5.74, 6) is -1.22. The highest BCUT2D eigenvalue weighted by molar-refractivity contribution is 6.05. The van der Waals surface area contributed by atoms with Crippen molar-refractivity contribution < 1.29 is 19.1 Å². The van der Waals surface area contributed by atoms with Crippen LogP contribution in [0.25, 0.3) is 0 Å². The molecule has 0 spiro atoms. The van der Waals surface area contributed by atoms with Crippen LogP contribution in [0.2, 0.25) is 0 Å². The zero-order valence-electron chi connectivity index (χ0n) is 19.4. The fourth-order valence-corrected chi connectivity index (χ4v) is 3.74. The first-order chi connectivity index (χ1) is 15.0. The molecule has 1 aromatic heterocycles. The molecule has 0 fully saturated rings. The zero-order valence-corrected chi connectivity index (χ0v) is 19.4. The van der Waals surface area contributed by atoms with Crippen molar-refractivity contribution in [1.82, 2.24) is 20.2 Å². The van der Waals surface area contributed by atoms with Crippen LogP contribution < -0.4 is 5.32 Å². The molecule has 172 valence electrons. The van der Waals surface area contributed by atoms with E-state index in [1.54, 1.807) is 25.7 Å². The number of carbonyl (C=O) groups excluding carboxylic acids is 3. The summed E-state index contributed by atoms with van der Waals surface area (Å²) in [6, 6.07) is 7.19. The van der Waals surface area contributed by atoms with E-state index in [4.69, 9.17) is 4.74 Å². The minimum Gasteiger partial charge on any atom is -0.458 e. The summed E-state index contributed by atoms with van der Waals surface area (Å²) in [4.78, 5) is 47.4. The Morgan fingerprint density at radius 3 is 2.53 bits per heavy atom. The SMILES string of the molecule is CC(C)C[C@H](NC(=O)c1nc[nH]c1C(=O)N1CCc2ccccc2C1)C(=O)OC(C)(C)C. The number of amides is 2. The van der Waals surface area contributed by atoms with Gasteiger partial charge in [-0.2, -0.15) is 0 Å². The smallest absolute Gasteiger partial charge is 0.329 e. The maximum Gasteiger partial charge on any atom is 0.329 e. The maximum atomic E-state index is 13.2. The van der Waals surface area contributed by atoms with Crippen molar-refractivity contribution in [3.63, 3.8) is 0 Å². The number of nitrogens with zero attached hydrogens (tertiary/aromatic N) is 2. The Hall–Kier alpha value is -3.16. The number of rotatable bonds is 6. The number of ether oxygens (including phenoxy) is 1. The van der Waals surface area contributed by atoms with Crippen LogP contribution in [-0.4, -0.2) is 50.8 Å². The van der Waals surface area contributed by atoms with Crippen LogP contribution in [0.5, 0.6) is 0 Å². The van der Waals surface area contributed by atoms with E-state index in [0.29, 0.717) is 19.5 Å².